The number of hydrogen-bond donors (Lipinski definition) is 3. The van der Waals surface area contributed by atoms with E-state index in [0.717, 1.165) is 6.07 Å². The fourth-order valence-corrected chi connectivity index (χ4v) is 2.82. The largest absolute Gasteiger partial charge is 0.404 e. The summed E-state index contributed by atoms with van der Waals surface area (Å²) in [6.45, 7) is 3.29. The molecular formula is C21H23F3N6O. The summed E-state index contributed by atoms with van der Waals surface area (Å²) in [5, 5.41) is 5.46. The molecule has 2 aromatic rings. The molecule has 0 aliphatic carbocycles. The number of hydrogen-bond acceptors (Lipinski definition) is 6. The van der Waals surface area contributed by atoms with Crippen molar-refractivity contribution in [3.8, 4) is 0 Å². The van der Waals surface area contributed by atoms with Crippen molar-refractivity contribution < 1.29 is 18.0 Å². The van der Waals surface area contributed by atoms with Crippen LogP contribution >= 0.6 is 0 Å². The molecule has 1 aromatic carbocycles. The molecule has 0 bridgehead atoms. The second kappa shape index (κ2) is 10.9. The molecule has 7 nitrogen and oxygen atoms in total. The SMILES string of the molecule is CN=CC(=CN)/C(C)=C/c1c(NC=O)nc(C)nc1NCc1cccc(C(F)F)c1F. The summed E-state index contributed by atoms with van der Waals surface area (Å²) >= 11 is 0. The van der Waals surface area contributed by atoms with Crippen LogP contribution in [0.15, 0.2) is 40.5 Å². The Balaban J connectivity index is 2.50. The lowest BCUT2D eigenvalue weighted by atomic mass is 10.1. The topological polar surface area (TPSA) is 105 Å². The predicted octanol–water partition coefficient (Wildman–Crippen LogP) is 3.99. The van der Waals surface area contributed by atoms with E-state index in [2.05, 4.69) is 25.6 Å². The van der Waals surface area contributed by atoms with Crippen LogP contribution < -0.4 is 16.4 Å². The molecule has 0 saturated heterocycles. The van der Waals surface area contributed by atoms with Crippen LogP contribution in [-0.2, 0) is 11.3 Å². The lowest BCUT2D eigenvalue weighted by Gasteiger charge is -2.15. The van der Waals surface area contributed by atoms with Crippen molar-refractivity contribution in [3.05, 3.63) is 63.9 Å². The molecule has 0 unspecified atom stereocenters. The highest BCUT2D eigenvalue weighted by Gasteiger charge is 2.17. The van der Waals surface area contributed by atoms with Crippen LogP contribution in [0.5, 0.6) is 0 Å². The third-order valence-electron chi connectivity index (χ3n) is 4.31. The number of halogens is 3. The maximum absolute atomic E-state index is 14.4. The highest BCUT2D eigenvalue weighted by atomic mass is 19.3. The van der Waals surface area contributed by atoms with Gasteiger partial charge in [0.15, 0.2) is 0 Å². The number of nitrogens with one attached hydrogen (secondary N) is 2. The van der Waals surface area contributed by atoms with E-state index in [9.17, 15) is 18.0 Å². The molecule has 0 aliphatic heterocycles. The third kappa shape index (κ3) is 5.91. The summed E-state index contributed by atoms with van der Waals surface area (Å²) in [6, 6.07) is 3.80. The second-order valence-electron chi connectivity index (χ2n) is 6.46. The van der Waals surface area contributed by atoms with Gasteiger partial charge in [-0.05, 0) is 25.5 Å². The molecule has 0 fully saturated rings. The number of carbonyl (C=O) groups excluding carboxylic acids is 1. The zero-order chi connectivity index (χ0) is 23.0. The first-order valence-electron chi connectivity index (χ1n) is 9.23. The minimum absolute atomic E-state index is 0.0475. The van der Waals surface area contributed by atoms with Crippen molar-refractivity contribution in [1.82, 2.24) is 9.97 Å². The number of aryl methyl sites for hydroxylation is 1. The molecule has 0 spiro atoms. The maximum Gasteiger partial charge on any atom is 0.266 e. The Morgan fingerprint density at radius 3 is 2.61 bits per heavy atom. The molecular weight excluding hydrogens is 409 g/mol. The minimum atomic E-state index is -2.92. The third-order valence-corrected chi connectivity index (χ3v) is 4.31. The number of amides is 1. The summed E-state index contributed by atoms with van der Waals surface area (Å²) in [5.74, 6) is -0.144. The molecule has 1 amide bonds. The van der Waals surface area contributed by atoms with E-state index < -0.39 is 17.8 Å². The molecule has 4 N–H and O–H groups in total. The molecule has 10 heteroatoms. The van der Waals surface area contributed by atoms with Gasteiger partial charge in [-0.3, -0.25) is 9.79 Å². The average Bonchev–Trinajstić information content (AvgIpc) is 2.73. The van der Waals surface area contributed by atoms with Gasteiger partial charge in [0.25, 0.3) is 6.43 Å². The number of nitrogens with two attached hydrogens (primary N) is 1. The van der Waals surface area contributed by atoms with E-state index in [4.69, 9.17) is 5.73 Å². The summed E-state index contributed by atoms with van der Waals surface area (Å²) in [4.78, 5) is 23.6. The van der Waals surface area contributed by atoms with Gasteiger partial charge in [-0.1, -0.05) is 18.2 Å². The van der Waals surface area contributed by atoms with Crippen molar-refractivity contribution in [2.45, 2.75) is 26.8 Å². The number of allylic oxidation sites excluding steroid dienone is 2. The van der Waals surface area contributed by atoms with Gasteiger partial charge in [-0.25, -0.2) is 23.1 Å². The average molecular weight is 432 g/mol. The van der Waals surface area contributed by atoms with Gasteiger partial charge < -0.3 is 16.4 Å². The number of nitrogens with zero attached hydrogens (tertiary/aromatic N) is 3. The number of rotatable bonds is 9. The number of aliphatic imine (C=N–C) groups is 1. The fourth-order valence-electron chi connectivity index (χ4n) is 2.82. The van der Waals surface area contributed by atoms with E-state index in [1.165, 1.54) is 18.3 Å². The van der Waals surface area contributed by atoms with E-state index in [1.54, 1.807) is 33.2 Å². The van der Waals surface area contributed by atoms with Crippen LogP contribution in [0.3, 0.4) is 0 Å². The Morgan fingerprint density at radius 1 is 1.29 bits per heavy atom. The van der Waals surface area contributed by atoms with Gasteiger partial charge in [-0.15, -0.1) is 0 Å². The molecule has 1 aromatic heterocycles. The van der Waals surface area contributed by atoms with Gasteiger partial charge in [0.05, 0.1) is 11.1 Å². The molecule has 31 heavy (non-hydrogen) atoms. The summed E-state index contributed by atoms with van der Waals surface area (Å²) in [5.41, 5.74) is 6.75. The van der Waals surface area contributed by atoms with Gasteiger partial charge >= 0.3 is 0 Å². The number of carbonyl (C=O) groups is 1. The zero-order valence-electron chi connectivity index (χ0n) is 17.3. The van der Waals surface area contributed by atoms with Crippen LogP contribution in [0.2, 0.25) is 0 Å². The number of anilines is 2. The molecule has 0 atom stereocenters. The predicted molar refractivity (Wildman–Crippen MR) is 115 cm³/mol. The number of alkyl halides is 2. The van der Waals surface area contributed by atoms with Gasteiger partial charge in [-0.2, -0.15) is 0 Å². The highest BCUT2D eigenvalue weighted by Crippen LogP contribution is 2.28. The monoisotopic (exact) mass is 432 g/mol. The van der Waals surface area contributed by atoms with E-state index >= 15 is 0 Å². The minimum Gasteiger partial charge on any atom is -0.404 e. The normalized spacial score (nSPS) is 12.5. The lowest BCUT2D eigenvalue weighted by Crippen LogP contribution is -2.11. The smallest absolute Gasteiger partial charge is 0.266 e. The maximum atomic E-state index is 14.4. The molecule has 0 radical (unpaired) electrons. The summed E-state index contributed by atoms with van der Waals surface area (Å²) < 4.78 is 40.4. The van der Waals surface area contributed by atoms with Crippen LogP contribution in [0.4, 0.5) is 24.8 Å². The second-order valence-corrected chi connectivity index (χ2v) is 6.46. The Hall–Kier alpha value is -3.69. The Morgan fingerprint density at radius 2 is 2.00 bits per heavy atom. The molecule has 2 rings (SSSR count). The van der Waals surface area contributed by atoms with Crippen molar-refractivity contribution in [2.24, 2.45) is 10.7 Å². The van der Waals surface area contributed by atoms with Gasteiger partial charge in [0.2, 0.25) is 6.41 Å². The van der Waals surface area contributed by atoms with Crippen LogP contribution in [0.25, 0.3) is 6.08 Å². The Bertz CT molecular complexity index is 1030. The summed E-state index contributed by atoms with van der Waals surface area (Å²) in [7, 11) is 1.60. The van der Waals surface area contributed by atoms with Crippen LogP contribution in [0, 0.1) is 12.7 Å². The Labute approximate surface area is 178 Å². The van der Waals surface area contributed by atoms with Crippen molar-refractivity contribution in [3.63, 3.8) is 0 Å². The molecule has 1 heterocycles. The van der Waals surface area contributed by atoms with E-state index in [0.29, 0.717) is 28.9 Å². The fraction of sp³-hybridized carbons (Fsp3) is 0.238. The van der Waals surface area contributed by atoms with Crippen molar-refractivity contribution in [2.75, 3.05) is 17.7 Å². The van der Waals surface area contributed by atoms with Crippen molar-refractivity contribution in [1.29, 1.82) is 0 Å². The van der Waals surface area contributed by atoms with Gasteiger partial charge in [0.1, 0.15) is 23.3 Å². The van der Waals surface area contributed by atoms with Crippen LogP contribution in [-0.4, -0.2) is 29.6 Å². The van der Waals surface area contributed by atoms with E-state index in [1.807, 2.05) is 0 Å². The highest BCUT2D eigenvalue weighted by molar-refractivity contribution is 5.89. The summed E-state index contributed by atoms with van der Waals surface area (Å²) in [6.07, 6.45) is 2.16. The van der Waals surface area contributed by atoms with E-state index in [-0.39, 0.29) is 23.7 Å². The van der Waals surface area contributed by atoms with Crippen LogP contribution in [0.1, 0.15) is 35.9 Å². The number of aromatic nitrogens is 2. The Kier molecular flexibility index (Phi) is 8.30. The molecule has 0 aliphatic rings. The first-order chi connectivity index (χ1) is 14.8. The van der Waals surface area contributed by atoms with Gasteiger partial charge in [0, 0.05) is 37.1 Å². The number of benzene rings is 1. The molecule has 164 valence electrons. The quantitative estimate of drug-likeness (QED) is 0.316. The lowest BCUT2D eigenvalue weighted by molar-refractivity contribution is -0.105. The molecule has 0 saturated carbocycles. The first kappa shape index (κ1) is 23.6. The zero-order valence-corrected chi connectivity index (χ0v) is 17.3. The standard InChI is InChI=1S/C21H23F3N6O/c1-12(15(8-25)9-26-3)7-17-20(29-13(2)30-21(17)28-11-31)27-10-14-5-4-6-16(18(14)22)19(23)24/h4-9,11,19H,10,25H2,1-3H3,(H2,27,28,29,30,31)/b12-7+,15-8?,26-9?. The first-order valence-corrected chi connectivity index (χ1v) is 9.23. The van der Waals surface area contributed by atoms with Crippen molar-refractivity contribution >= 4 is 30.3 Å².